The Labute approximate surface area is 94.5 Å². The molecule has 0 atom stereocenters. The summed E-state index contributed by atoms with van der Waals surface area (Å²) in [7, 11) is 0. The standard InChI is InChI=1S/C11H16N4O/c1-2-8-4-3-5-9(6-8)15-10(16)7-14-11(12)13/h3-6H,2,7H2,1H3,(H,15,16)(H4,12,13,14). The van der Waals surface area contributed by atoms with Crippen molar-refractivity contribution < 1.29 is 4.79 Å². The van der Waals surface area contributed by atoms with Gasteiger partial charge in [-0.25, -0.2) is 4.99 Å². The number of amides is 1. The van der Waals surface area contributed by atoms with Crippen LogP contribution in [0.15, 0.2) is 29.3 Å². The molecule has 1 amide bonds. The van der Waals surface area contributed by atoms with Gasteiger partial charge in [0.1, 0.15) is 6.54 Å². The number of aryl methyl sites for hydroxylation is 1. The molecule has 1 rings (SSSR count). The van der Waals surface area contributed by atoms with Crippen molar-refractivity contribution in [1.82, 2.24) is 0 Å². The van der Waals surface area contributed by atoms with Gasteiger partial charge in [0.25, 0.3) is 0 Å². The second kappa shape index (κ2) is 5.75. The second-order valence-electron chi connectivity index (χ2n) is 3.34. The number of nitrogens with one attached hydrogen (secondary N) is 1. The third-order valence-corrected chi connectivity index (χ3v) is 2.02. The number of nitrogens with two attached hydrogens (primary N) is 2. The lowest BCUT2D eigenvalue weighted by atomic mass is 10.1. The third-order valence-electron chi connectivity index (χ3n) is 2.02. The van der Waals surface area contributed by atoms with Gasteiger partial charge in [0.2, 0.25) is 5.91 Å². The first kappa shape index (κ1) is 12.0. The van der Waals surface area contributed by atoms with E-state index in [9.17, 15) is 4.79 Å². The summed E-state index contributed by atoms with van der Waals surface area (Å²) in [5.74, 6) is -0.320. The maximum Gasteiger partial charge on any atom is 0.246 e. The molecule has 5 nitrogen and oxygen atoms in total. The average molecular weight is 220 g/mol. The minimum Gasteiger partial charge on any atom is -0.370 e. The number of anilines is 1. The van der Waals surface area contributed by atoms with Crippen LogP contribution in [0.25, 0.3) is 0 Å². The van der Waals surface area contributed by atoms with Crippen LogP contribution in [0, 0.1) is 0 Å². The molecule has 5 heteroatoms. The Kier molecular flexibility index (Phi) is 4.32. The molecule has 0 unspecified atom stereocenters. The van der Waals surface area contributed by atoms with Crippen LogP contribution in [0.4, 0.5) is 5.69 Å². The molecule has 0 radical (unpaired) electrons. The molecule has 0 saturated heterocycles. The van der Waals surface area contributed by atoms with Crippen molar-refractivity contribution in [2.45, 2.75) is 13.3 Å². The van der Waals surface area contributed by atoms with Crippen molar-refractivity contribution in [1.29, 1.82) is 0 Å². The summed E-state index contributed by atoms with van der Waals surface area (Å²) in [4.78, 5) is 15.0. The van der Waals surface area contributed by atoms with Crippen molar-refractivity contribution in [2.75, 3.05) is 11.9 Å². The van der Waals surface area contributed by atoms with E-state index in [0.717, 1.165) is 12.1 Å². The van der Waals surface area contributed by atoms with Crippen LogP contribution in [-0.2, 0) is 11.2 Å². The topological polar surface area (TPSA) is 93.5 Å². The van der Waals surface area contributed by atoms with E-state index < -0.39 is 0 Å². The predicted molar refractivity (Wildman–Crippen MR) is 65.1 cm³/mol. The molecule has 0 bridgehead atoms. The molecule has 0 fully saturated rings. The predicted octanol–water partition coefficient (Wildman–Crippen LogP) is 0.461. The molecule has 5 N–H and O–H groups in total. The zero-order chi connectivity index (χ0) is 12.0. The van der Waals surface area contributed by atoms with E-state index in [2.05, 4.69) is 17.2 Å². The highest BCUT2D eigenvalue weighted by molar-refractivity contribution is 5.93. The number of nitrogens with zero attached hydrogens (tertiary/aromatic N) is 1. The molecular formula is C11H16N4O. The molecule has 1 aromatic carbocycles. The number of rotatable bonds is 4. The summed E-state index contributed by atoms with van der Waals surface area (Å²) in [5.41, 5.74) is 12.2. The van der Waals surface area contributed by atoms with E-state index in [4.69, 9.17) is 11.5 Å². The minimum atomic E-state index is -0.235. The van der Waals surface area contributed by atoms with E-state index in [1.165, 1.54) is 5.56 Å². The Morgan fingerprint density at radius 1 is 1.44 bits per heavy atom. The molecule has 0 heterocycles. The molecule has 16 heavy (non-hydrogen) atoms. The van der Waals surface area contributed by atoms with E-state index in [-0.39, 0.29) is 18.4 Å². The fourth-order valence-corrected chi connectivity index (χ4v) is 1.23. The zero-order valence-corrected chi connectivity index (χ0v) is 9.23. The number of carbonyl (C=O) groups excluding carboxylic acids is 1. The molecule has 0 aliphatic carbocycles. The van der Waals surface area contributed by atoms with Gasteiger partial charge in [-0.1, -0.05) is 19.1 Å². The first-order chi connectivity index (χ1) is 7.61. The van der Waals surface area contributed by atoms with Crippen LogP contribution in [0.5, 0.6) is 0 Å². The molecule has 0 spiro atoms. The van der Waals surface area contributed by atoms with Crippen molar-refractivity contribution >= 4 is 17.6 Å². The van der Waals surface area contributed by atoms with Crippen molar-refractivity contribution in [2.24, 2.45) is 16.5 Å². The highest BCUT2D eigenvalue weighted by atomic mass is 16.1. The van der Waals surface area contributed by atoms with Crippen LogP contribution in [0.3, 0.4) is 0 Å². The second-order valence-corrected chi connectivity index (χ2v) is 3.34. The zero-order valence-electron chi connectivity index (χ0n) is 9.23. The van der Waals surface area contributed by atoms with Crippen LogP contribution in [-0.4, -0.2) is 18.4 Å². The van der Waals surface area contributed by atoms with Gasteiger partial charge in [-0.3, -0.25) is 4.79 Å². The van der Waals surface area contributed by atoms with E-state index >= 15 is 0 Å². The highest BCUT2D eigenvalue weighted by Crippen LogP contribution is 2.10. The third kappa shape index (κ3) is 4.00. The molecule has 86 valence electrons. The molecular weight excluding hydrogens is 204 g/mol. The Bertz CT molecular complexity index is 397. The van der Waals surface area contributed by atoms with E-state index in [1.807, 2.05) is 24.3 Å². The lowest BCUT2D eigenvalue weighted by Gasteiger charge is -2.05. The summed E-state index contributed by atoms with van der Waals surface area (Å²) in [5, 5.41) is 2.71. The summed E-state index contributed by atoms with van der Waals surface area (Å²) < 4.78 is 0. The normalized spacial score (nSPS) is 9.56. The number of benzene rings is 1. The van der Waals surface area contributed by atoms with E-state index in [0.29, 0.717) is 0 Å². The Morgan fingerprint density at radius 3 is 2.81 bits per heavy atom. The maximum atomic E-state index is 11.4. The van der Waals surface area contributed by atoms with Crippen molar-refractivity contribution in [3.8, 4) is 0 Å². The first-order valence-electron chi connectivity index (χ1n) is 5.06. The minimum absolute atomic E-state index is 0.0569. The van der Waals surface area contributed by atoms with Crippen LogP contribution in [0.1, 0.15) is 12.5 Å². The van der Waals surface area contributed by atoms with Gasteiger partial charge in [-0.15, -0.1) is 0 Å². The number of carbonyl (C=O) groups is 1. The molecule has 0 saturated carbocycles. The Hall–Kier alpha value is -2.04. The van der Waals surface area contributed by atoms with Crippen molar-refractivity contribution in [3.05, 3.63) is 29.8 Å². The molecule has 0 aliphatic heterocycles. The Morgan fingerprint density at radius 2 is 2.19 bits per heavy atom. The summed E-state index contributed by atoms with van der Waals surface area (Å²) >= 11 is 0. The van der Waals surface area contributed by atoms with Crippen LogP contribution >= 0.6 is 0 Å². The SMILES string of the molecule is CCc1cccc(NC(=O)CN=C(N)N)c1. The fourth-order valence-electron chi connectivity index (χ4n) is 1.23. The number of aliphatic imine (C=N–C) groups is 1. The average Bonchev–Trinajstić information content (AvgIpc) is 2.26. The number of guanidine groups is 1. The molecule has 1 aromatic rings. The van der Waals surface area contributed by atoms with Gasteiger partial charge >= 0.3 is 0 Å². The smallest absolute Gasteiger partial charge is 0.246 e. The van der Waals surface area contributed by atoms with Gasteiger partial charge in [0, 0.05) is 5.69 Å². The van der Waals surface area contributed by atoms with Crippen LogP contribution < -0.4 is 16.8 Å². The van der Waals surface area contributed by atoms with Gasteiger partial charge in [-0.2, -0.15) is 0 Å². The molecule has 0 aliphatic rings. The van der Waals surface area contributed by atoms with Gasteiger partial charge in [-0.05, 0) is 24.1 Å². The van der Waals surface area contributed by atoms with Crippen LogP contribution in [0.2, 0.25) is 0 Å². The number of hydrogen-bond donors (Lipinski definition) is 3. The number of hydrogen-bond acceptors (Lipinski definition) is 2. The van der Waals surface area contributed by atoms with Gasteiger partial charge < -0.3 is 16.8 Å². The fraction of sp³-hybridized carbons (Fsp3) is 0.273. The highest BCUT2D eigenvalue weighted by Gasteiger charge is 2.01. The Balaban J connectivity index is 2.59. The largest absolute Gasteiger partial charge is 0.370 e. The summed E-state index contributed by atoms with van der Waals surface area (Å²) in [6, 6.07) is 7.65. The quantitative estimate of drug-likeness (QED) is 0.508. The lowest BCUT2D eigenvalue weighted by molar-refractivity contribution is -0.114. The monoisotopic (exact) mass is 220 g/mol. The molecule has 0 aromatic heterocycles. The lowest BCUT2D eigenvalue weighted by Crippen LogP contribution is -2.25. The van der Waals surface area contributed by atoms with E-state index in [1.54, 1.807) is 0 Å². The summed E-state index contributed by atoms with van der Waals surface area (Å²) in [6.07, 6.45) is 0.928. The van der Waals surface area contributed by atoms with Gasteiger partial charge in [0.05, 0.1) is 0 Å². The summed E-state index contributed by atoms with van der Waals surface area (Å²) in [6.45, 7) is 2.00. The maximum absolute atomic E-state index is 11.4. The van der Waals surface area contributed by atoms with Gasteiger partial charge in [0.15, 0.2) is 5.96 Å². The van der Waals surface area contributed by atoms with Crippen molar-refractivity contribution in [3.63, 3.8) is 0 Å². The first-order valence-corrected chi connectivity index (χ1v) is 5.06.